The highest BCUT2D eigenvalue weighted by atomic mass is 16.1. The molecule has 0 aliphatic carbocycles. The van der Waals surface area contributed by atoms with Gasteiger partial charge in [0.25, 0.3) is 5.91 Å². The third-order valence-corrected chi connectivity index (χ3v) is 4.64. The maximum absolute atomic E-state index is 12.4. The highest BCUT2D eigenvalue weighted by Gasteiger charge is 2.16. The van der Waals surface area contributed by atoms with Crippen LogP contribution in [0, 0.1) is 0 Å². The normalized spacial score (nSPS) is 11.3. The fourth-order valence-corrected chi connectivity index (χ4v) is 2.91. The summed E-state index contributed by atoms with van der Waals surface area (Å²) < 4.78 is 1.79. The molecule has 3 aromatic heterocycles. The molecule has 3 N–H and O–H groups in total. The lowest BCUT2D eigenvalue weighted by atomic mass is 10.1. The Kier molecular flexibility index (Phi) is 5.48. The predicted molar refractivity (Wildman–Crippen MR) is 118 cm³/mol. The van der Waals surface area contributed by atoms with E-state index in [0.29, 0.717) is 18.1 Å². The molecule has 0 radical (unpaired) electrons. The molecule has 0 aliphatic heterocycles. The van der Waals surface area contributed by atoms with E-state index in [4.69, 9.17) is 0 Å². The number of aromatic amines is 1. The number of rotatable bonds is 6. The van der Waals surface area contributed by atoms with E-state index in [2.05, 4.69) is 35.9 Å². The van der Waals surface area contributed by atoms with Gasteiger partial charge in [0.1, 0.15) is 0 Å². The van der Waals surface area contributed by atoms with Crippen molar-refractivity contribution in [3.8, 4) is 11.3 Å². The molecule has 0 atom stereocenters. The van der Waals surface area contributed by atoms with Gasteiger partial charge in [0.2, 0.25) is 5.95 Å². The Morgan fingerprint density at radius 3 is 2.61 bits per heavy atom. The average Bonchev–Trinajstić information content (AvgIpc) is 3.45. The van der Waals surface area contributed by atoms with E-state index < -0.39 is 0 Å². The lowest BCUT2D eigenvalue weighted by Gasteiger charge is -2.18. The minimum Gasteiger partial charge on any atom is -0.348 e. The maximum Gasteiger partial charge on any atom is 0.254 e. The number of hydrogen-bond donors (Lipinski definition) is 3. The third-order valence-electron chi connectivity index (χ3n) is 4.64. The summed E-state index contributed by atoms with van der Waals surface area (Å²) in [6.45, 7) is 6.54. The molecule has 0 fully saturated rings. The number of carbonyl (C=O) groups excluding carboxylic acids is 1. The fraction of sp³-hybridized carbons (Fsp3) is 0.227. The molecule has 31 heavy (non-hydrogen) atoms. The number of H-pyrrole nitrogens is 1. The summed E-state index contributed by atoms with van der Waals surface area (Å²) in [4.78, 5) is 21.2. The van der Waals surface area contributed by atoms with Gasteiger partial charge in [-0.15, -0.1) is 0 Å². The summed E-state index contributed by atoms with van der Waals surface area (Å²) in [6, 6.07) is 9.75. The van der Waals surface area contributed by atoms with Crippen LogP contribution < -0.4 is 10.6 Å². The quantitative estimate of drug-likeness (QED) is 0.443. The summed E-state index contributed by atoms with van der Waals surface area (Å²) in [5, 5.41) is 16.9. The number of benzene rings is 1. The van der Waals surface area contributed by atoms with Gasteiger partial charge in [0, 0.05) is 30.7 Å². The van der Waals surface area contributed by atoms with Crippen LogP contribution in [-0.4, -0.2) is 35.9 Å². The number of hydrogen-bond acceptors (Lipinski definition) is 6. The van der Waals surface area contributed by atoms with Gasteiger partial charge in [-0.05, 0) is 32.4 Å². The Morgan fingerprint density at radius 1 is 1.13 bits per heavy atom. The van der Waals surface area contributed by atoms with Crippen molar-refractivity contribution in [2.45, 2.75) is 32.9 Å². The molecule has 0 saturated heterocycles. The van der Waals surface area contributed by atoms with E-state index in [0.717, 1.165) is 22.5 Å². The van der Waals surface area contributed by atoms with Crippen LogP contribution in [0.4, 0.5) is 11.6 Å². The molecule has 1 amide bonds. The van der Waals surface area contributed by atoms with E-state index in [1.807, 2.05) is 51.1 Å². The van der Waals surface area contributed by atoms with Crippen molar-refractivity contribution in [2.24, 2.45) is 0 Å². The Balaban J connectivity index is 1.38. The van der Waals surface area contributed by atoms with Crippen molar-refractivity contribution in [3.63, 3.8) is 0 Å². The van der Waals surface area contributed by atoms with Crippen LogP contribution in [0.5, 0.6) is 0 Å². The van der Waals surface area contributed by atoms with E-state index in [1.165, 1.54) is 0 Å². The van der Waals surface area contributed by atoms with Gasteiger partial charge in [-0.1, -0.05) is 24.3 Å². The number of carbonyl (C=O) groups is 1. The van der Waals surface area contributed by atoms with Crippen LogP contribution in [0.3, 0.4) is 0 Å². The standard InChI is InChI=1S/C22H24N8O/c1-22(2,3)30-14-17(11-27-30)20(31)24-10-15-4-6-16(7-5-15)19-8-9-23-21(29-19)28-18-12-25-26-13-18/h4-9,11-14H,10H2,1-3H3,(H,24,31)(H,25,26)(H,23,28,29). The smallest absolute Gasteiger partial charge is 0.254 e. The Hall–Kier alpha value is -4.01. The predicted octanol–water partition coefficient (Wildman–Crippen LogP) is 3.49. The molecule has 3 heterocycles. The van der Waals surface area contributed by atoms with Gasteiger partial charge in [0.05, 0.1) is 34.9 Å². The zero-order chi connectivity index (χ0) is 21.8. The minimum atomic E-state index is -0.163. The van der Waals surface area contributed by atoms with Crippen molar-refractivity contribution in [3.05, 3.63) is 72.4 Å². The molecule has 0 bridgehead atoms. The van der Waals surface area contributed by atoms with Gasteiger partial charge in [-0.25, -0.2) is 9.97 Å². The third kappa shape index (κ3) is 4.95. The molecule has 4 aromatic rings. The number of aromatic nitrogens is 6. The van der Waals surface area contributed by atoms with Crippen molar-refractivity contribution < 1.29 is 4.79 Å². The minimum absolute atomic E-state index is 0.148. The first-order valence-corrected chi connectivity index (χ1v) is 9.90. The van der Waals surface area contributed by atoms with Crippen LogP contribution in [0.15, 0.2) is 61.3 Å². The summed E-state index contributed by atoms with van der Waals surface area (Å²) in [5.74, 6) is 0.344. The molecule has 9 heteroatoms. The second kappa shape index (κ2) is 8.39. The molecule has 4 rings (SSSR count). The van der Waals surface area contributed by atoms with Crippen LogP contribution in [0.2, 0.25) is 0 Å². The van der Waals surface area contributed by atoms with Crippen LogP contribution in [-0.2, 0) is 12.1 Å². The topological polar surface area (TPSA) is 113 Å². The lowest BCUT2D eigenvalue weighted by molar-refractivity contribution is 0.0950. The lowest BCUT2D eigenvalue weighted by Crippen LogP contribution is -2.24. The van der Waals surface area contributed by atoms with Gasteiger partial charge in [-0.2, -0.15) is 10.2 Å². The Morgan fingerprint density at radius 2 is 1.94 bits per heavy atom. The van der Waals surface area contributed by atoms with Crippen LogP contribution in [0.25, 0.3) is 11.3 Å². The van der Waals surface area contributed by atoms with Gasteiger partial charge < -0.3 is 10.6 Å². The molecule has 1 aromatic carbocycles. The van der Waals surface area contributed by atoms with Gasteiger partial charge in [0.15, 0.2) is 0 Å². The largest absolute Gasteiger partial charge is 0.348 e. The zero-order valence-corrected chi connectivity index (χ0v) is 17.6. The van der Waals surface area contributed by atoms with Crippen LogP contribution >= 0.6 is 0 Å². The van der Waals surface area contributed by atoms with E-state index in [1.54, 1.807) is 35.7 Å². The van der Waals surface area contributed by atoms with Gasteiger partial charge >= 0.3 is 0 Å². The van der Waals surface area contributed by atoms with Crippen molar-refractivity contribution >= 4 is 17.5 Å². The fourth-order valence-electron chi connectivity index (χ4n) is 2.91. The number of nitrogens with one attached hydrogen (secondary N) is 3. The molecular formula is C22H24N8O. The molecular weight excluding hydrogens is 392 g/mol. The molecule has 0 unspecified atom stereocenters. The Labute approximate surface area is 179 Å². The van der Waals surface area contributed by atoms with E-state index in [-0.39, 0.29) is 11.4 Å². The zero-order valence-electron chi connectivity index (χ0n) is 17.6. The van der Waals surface area contributed by atoms with Crippen molar-refractivity contribution in [1.82, 2.24) is 35.3 Å². The van der Waals surface area contributed by atoms with E-state index >= 15 is 0 Å². The number of nitrogens with zero attached hydrogens (tertiary/aromatic N) is 5. The second-order valence-electron chi connectivity index (χ2n) is 8.10. The first-order chi connectivity index (χ1) is 14.9. The highest BCUT2D eigenvalue weighted by Crippen LogP contribution is 2.20. The second-order valence-corrected chi connectivity index (χ2v) is 8.10. The van der Waals surface area contributed by atoms with Crippen molar-refractivity contribution in [2.75, 3.05) is 5.32 Å². The summed E-state index contributed by atoms with van der Waals surface area (Å²) in [7, 11) is 0. The van der Waals surface area contributed by atoms with Crippen molar-refractivity contribution in [1.29, 1.82) is 0 Å². The monoisotopic (exact) mass is 416 g/mol. The molecule has 9 nitrogen and oxygen atoms in total. The first-order valence-electron chi connectivity index (χ1n) is 9.90. The van der Waals surface area contributed by atoms with Gasteiger partial charge in [-0.3, -0.25) is 14.6 Å². The number of amides is 1. The average molecular weight is 416 g/mol. The highest BCUT2D eigenvalue weighted by molar-refractivity contribution is 5.93. The molecule has 0 aliphatic rings. The summed E-state index contributed by atoms with van der Waals surface area (Å²) >= 11 is 0. The SMILES string of the molecule is CC(C)(C)n1cc(C(=O)NCc2ccc(-c3ccnc(Nc4cn[nH]c4)n3)cc2)cn1. The molecule has 158 valence electrons. The molecule has 0 spiro atoms. The molecule has 0 saturated carbocycles. The van der Waals surface area contributed by atoms with E-state index in [9.17, 15) is 4.79 Å². The van der Waals surface area contributed by atoms with Crippen LogP contribution in [0.1, 0.15) is 36.7 Å². The summed E-state index contributed by atoms with van der Waals surface area (Å²) in [5.41, 5.74) is 3.92. The summed E-state index contributed by atoms with van der Waals surface area (Å²) in [6.07, 6.45) is 8.45. The number of anilines is 2. The first kappa shape index (κ1) is 20.3. The maximum atomic E-state index is 12.4. The Bertz CT molecular complexity index is 1160.